The summed E-state index contributed by atoms with van der Waals surface area (Å²) in [5, 5.41) is 5.44. The number of carbonyl (C=O) groups is 3. The molecule has 10 heteroatoms. The summed E-state index contributed by atoms with van der Waals surface area (Å²) in [5.74, 6) is -2.49. The Kier molecular flexibility index (Phi) is 7.00. The Labute approximate surface area is 229 Å². The average Bonchev–Trinajstić information content (AvgIpc) is 2.80. The number of sulfonamides is 1. The van der Waals surface area contributed by atoms with Crippen LogP contribution >= 0.6 is 0 Å². The highest BCUT2D eigenvalue weighted by Crippen LogP contribution is 2.44. The number of ether oxygens (including phenoxy) is 1. The van der Waals surface area contributed by atoms with Crippen LogP contribution in [0, 0.1) is 11.3 Å². The third kappa shape index (κ3) is 5.75. The van der Waals surface area contributed by atoms with Crippen LogP contribution in [0.25, 0.3) is 0 Å². The minimum atomic E-state index is -4.30. The van der Waals surface area contributed by atoms with E-state index in [2.05, 4.69) is 35.8 Å². The number of nitrogens with zero attached hydrogens (tertiary/aromatic N) is 1. The summed E-state index contributed by atoms with van der Waals surface area (Å²) in [7, 11) is -4.30. The summed E-state index contributed by atoms with van der Waals surface area (Å²) >= 11 is 0. The number of ketones is 2. The van der Waals surface area contributed by atoms with Crippen LogP contribution in [-0.2, 0) is 25.0 Å². The first-order valence-corrected chi connectivity index (χ1v) is 14.3. The molecule has 0 saturated carbocycles. The number of nitrogens with one attached hydrogen (secondary N) is 2. The lowest BCUT2D eigenvalue weighted by molar-refractivity contribution is -0.125. The Morgan fingerprint density at radius 2 is 1.74 bits per heavy atom. The number of hydrogen-bond acceptors (Lipinski definition) is 7. The van der Waals surface area contributed by atoms with E-state index in [4.69, 9.17) is 4.74 Å². The van der Waals surface area contributed by atoms with Gasteiger partial charge < -0.3 is 10.1 Å². The molecule has 2 atom stereocenters. The normalized spacial score (nSPS) is 22.2. The molecule has 2 aromatic rings. The molecule has 0 radical (unpaired) electrons. The maximum absolute atomic E-state index is 14.1. The van der Waals surface area contributed by atoms with E-state index in [-0.39, 0.29) is 33.3 Å². The van der Waals surface area contributed by atoms with Gasteiger partial charge in [0.15, 0.2) is 11.6 Å². The number of Topliss-reactive ketones (excluding diaryl/α,β-unsaturated/α-hetero) is 2. The lowest BCUT2D eigenvalue weighted by Crippen LogP contribution is -2.51. The van der Waals surface area contributed by atoms with Crippen LogP contribution in [0.1, 0.15) is 77.2 Å². The van der Waals surface area contributed by atoms with Gasteiger partial charge in [-0.15, -0.1) is 4.40 Å². The van der Waals surface area contributed by atoms with Crippen molar-refractivity contribution in [3.8, 4) is 0 Å². The summed E-state index contributed by atoms with van der Waals surface area (Å²) in [6.45, 7) is 13.2. The first-order chi connectivity index (χ1) is 17.9. The fourth-order valence-electron chi connectivity index (χ4n) is 4.84. The van der Waals surface area contributed by atoms with Crippen molar-refractivity contribution in [1.82, 2.24) is 0 Å². The number of amidine groups is 1. The van der Waals surface area contributed by atoms with Crippen LogP contribution in [0.3, 0.4) is 0 Å². The monoisotopic (exact) mass is 553 g/mol. The van der Waals surface area contributed by atoms with Gasteiger partial charge in [0.25, 0.3) is 10.0 Å². The number of anilines is 2. The van der Waals surface area contributed by atoms with Crippen LogP contribution in [0.15, 0.2) is 51.8 Å². The van der Waals surface area contributed by atoms with E-state index >= 15 is 0 Å². The Morgan fingerprint density at radius 1 is 1.08 bits per heavy atom. The van der Waals surface area contributed by atoms with Gasteiger partial charge in [0.05, 0.1) is 11.1 Å². The molecule has 2 N–H and O–H groups in total. The standard InChI is InChI=1S/C29H35N3O6S/c1-27(2,3)14-15-29(7)19-11-9-8-10-18(19)23(33)22(24(29)34)25-31-20-13-12-17(16-21(20)39(36,37)32-25)30-26(35)38-28(4,5)6/h8-13,16,22H,14-15H2,1-7H3,(H,30,35)(H,31,32). The number of benzene rings is 2. The molecule has 9 nitrogen and oxygen atoms in total. The number of carbonyl (C=O) groups excluding carboxylic acids is 3. The highest BCUT2D eigenvalue weighted by molar-refractivity contribution is 7.90. The van der Waals surface area contributed by atoms with Crippen molar-refractivity contribution in [1.29, 1.82) is 0 Å². The van der Waals surface area contributed by atoms with Crippen molar-refractivity contribution in [3.63, 3.8) is 0 Å². The lowest BCUT2D eigenvalue weighted by Gasteiger charge is -2.39. The average molecular weight is 554 g/mol. The summed E-state index contributed by atoms with van der Waals surface area (Å²) in [6, 6.07) is 11.2. The second-order valence-electron chi connectivity index (χ2n) is 12.5. The van der Waals surface area contributed by atoms with Crippen LogP contribution in [0.4, 0.5) is 16.2 Å². The molecular formula is C29H35N3O6S. The zero-order valence-electron chi connectivity index (χ0n) is 23.3. The van der Waals surface area contributed by atoms with E-state index in [0.29, 0.717) is 17.5 Å². The van der Waals surface area contributed by atoms with Gasteiger partial charge in [-0.25, -0.2) is 4.79 Å². The summed E-state index contributed by atoms with van der Waals surface area (Å²) in [5.41, 5.74) is -0.391. The van der Waals surface area contributed by atoms with Gasteiger partial charge in [-0.1, -0.05) is 45.0 Å². The van der Waals surface area contributed by atoms with Gasteiger partial charge in [-0.05, 0) is 69.7 Å². The third-order valence-electron chi connectivity index (χ3n) is 6.89. The number of fused-ring (bicyclic) bond motifs is 2. The maximum Gasteiger partial charge on any atom is 0.412 e. The Morgan fingerprint density at radius 3 is 2.38 bits per heavy atom. The van der Waals surface area contributed by atoms with E-state index in [0.717, 1.165) is 6.42 Å². The van der Waals surface area contributed by atoms with E-state index in [1.807, 2.05) is 6.92 Å². The number of hydrogen-bond donors (Lipinski definition) is 2. The van der Waals surface area contributed by atoms with Crippen molar-refractivity contribution in [3.05, 3.63) is 53.6 Å². The molecular weight excluding hydrogens is 518 g/mol. The van der Waals surface area contributed by atoms with Crippen LogP contribution < -0.4 is 10.6 Å². The zero-order chi connectivity index (χ0) is 29.0. The Bertz CT molecular complexity index is 1500. The number of rotatable bonds is 4. The fraction of sp³-hybridized carbons (Fsp3) is 0.448. The maximum atomic E-state index is 14.1. The molecule has 0 saturated heterocycles. The van der Waals surface area contributed by atoms with Gasteiger partial charge in [0.1, 0.15) is 22.3 Å². The minimum absolute atomic E-state index is 0.0525. The molecule has 39 heavy (non-hydrogen) atoms. The Hall–Kier alpha value is -3.53. The van der Waals surface area contributed by atoms with E-state index in [1.54, 1.807) is 45.0 Å². The quantitative estimate of drug-likeness (QED) is 0.464. The molecule has 0 spiro atoms. The molecule has 2 aromatic carbocycles. The van der Waals surface area contributed by atoms with Crippen molar-refractivity contribution >= 4 is 44.9 Å². The molecule has 1 aliphatic heterocycles. The van der Waals surface area contributed by atoms with Crippen LogP contribution in [-0.4, -0.2) is 37.5 Å². The Balaban J connectivity index is 1.71. The van der Waals surface area contributed by atoms with Crippen molar-refractivity contribution in [2.75, 3.05) is 10.6 Å². The zero-order valence-corrected chi connectivity index (χ0v) is 24.2. The molecule has 2 aliphatic rings. The van der Waals surface area contributed by atoms with Crippen molar-refractivity contribution in [2.45, 2.75) is 77.2 Å². The van der Waals surface area contributed by atoms with Crippen molar-refractivity contribution < 1.29 is 27.5 Å². The molecule has 1 heterocycles. The predicted octanol–water partition coefficient (Wildman–Crippen LogP) is 5.71. The molecule has 0 aromatic heterocycles. The SMILES string of the molecule is CC(C)(C)CCC1(C)C(=O)C(C2=NS(=O)(=O)c3cc(NC(=O)OC(C)(C)C)ccc3N2)C(=O)c2ccccc21. The van der Waals surface area contributed by atoms with E-state index < -0.39 is 38.8 Å². The highest BCUT2D eigenvalue weighted by Gasteiger charge is 2.51. The van der Waals surface area contributed by atoms with E-state index in [9.17, 15) is 22.8 Å². The van der Waals surface area contributed by atoms with Crippen LogP contribution in [0.2, 0.25) is 0 Å². The summed E-state index contributed by atoms with van der Waals surface area (Å²) in [4.78, 5) is 39.7. The van der Waals surface area contributed by atoms with Gasteiger partial charge in [-0.2, -0.15) is 8.42 Å². The van der Waals surface area contributed by atoms with E-state index in [1.165, 1.54) is 18.2 Å². The van der Waals surface area contributed by atoms with Crippen LogP contribution in [0.5, 0.6) is 0 Å². The molecule has 1 amide bonds. The number of amides is 1. The molecule has 208 valence electrons. The van der Waals surface area contributed by atoms with Gasteiger partial charge in [-0.3, -0.25) is 14.9 Å². The predicted molar refractivity (Wildman–Crippen MR) is 150 cm³/mol. The second kappa shape index (κ2) is 9.59. The first-order valence-electron chi connectivity index (χ1n) is 12.9. The van der Waals surface area contributed by atoms with Gasteiger partial charge in [0, 0.05) is 11.3 Å². The van der Waals surface area contributed by atoms with Gasteiger partial charge >= 0.3 is 6.09 Å². The summed E-state index contributed by atoms with van der Waals surface area (Å²) < 4.78 is 35.7. The second-order valence-corrected chi connectivity index (χ2v) is 14.1. The molecule has 2 unspecified atom stereocenters. The first kappa shape index (κ1) is 28.5. The van der Waals surface area contributed by atoms with Crippen molar-refractivity contribution in [2.24, 2.45) is 15.7 Å². The molecule has 1 aliphatic carbocycles. The third-order valence-corrected chi connectivity index (χ3v) is 8.22. The largest absolute Gasteiger partial charge is 0.444 e. The van der Waals surface area contributed by atoms with Gasteiger partial charge in [0.2, 0.25) is 0 Å². The molecule has 0 fully saturated rings. The molecule has 4 rings (SSSR count). The smallest absolute Gasteiger partial charge is 0.412 e. The summed E-state index contributed by atoms with van der Waals surface area (Å²) in [6.07, 6.45) is 0.477. The molecule has 0 bridgehead atoms. The lowest BCUT2D eigenvalue weighted by atomic mass is 9.62. The highest BCUT2D eigenvalue weighted by atomic mass is 32.2. The topological polar surface area (TPSA) is 131 Å². The fourth-order valence-corrected chi connectivity index (χ4v) is 6.02. The minimum Gasteiger partial charge on any atom is -0.444 e.